The highest BCUT2D eigenvalue weighted by molar-refractivity contribution is 6.31. The van der Waals surface area contributed by atoms with Gasteiger partial charge in [0.15, 0.2) is 5.76 Å². The number of nitrogens with zero attached hydrogens (tertiary/aromatic N) is 2. The van der Waals surface area contributed by atoms with Gasteiger partial charge in [-0.2, -0.15) is 5.10 Å². The molecule has 0 radical (unpaired) electrons. The molecule has 7 heteroatoms. The number of carbonyl (C=O) groups is 1. The Balaban J connectivity index is 1.33. The Morgan fingerprint density at radius 1 is 1.37 bits per heavy atom. The molecule has 1 saturated carbocycles. The van der Waals surface area contributed by atoms with Crippen LogP contribution in [0.2, 0.25) is 5.02 Å². The second kappa shape index (κ2) is 7.48. The van der Waals surface area contributed by atoms with Gasteiger partial charge in [0.25, 0.3) is 5.91 Å². The van der Waals surface area contributed by atoms with E-state index in [-0.39, 0.29) is 18.3 Å². The van der Waals surface area contributed by atoms with E-state index in [1.807, 2.05) is 23.9 Å². The van der Waals surface area contributed by atoms with Crippen molar-refractivity contribution in [2.24, 2.45) is 5.92 Å². The quantitative estimate of drug-likeness (QED) is 0.641. The van der Waals surface area contributed by atoms with E-state index in [4.69, 9.17) is 20.8 Å². The molecule has 0 bridgehead atoms. The van der Waals surface area contributed by atoms with Crippen LogP contribution in [-0.4, -0.2) is 15.7 Å². The molecule has 4 rings (SSSR count). The first-order chi connectivity index (χ1) is 13.1. The third-order valence-electron chi connectivity index (χ3n) is 4.43. The normalized spacial score (nSPS) is 13.6. The number of rotatable bonds is 7. The SMILES string of the molecule is Cc1cc(OCc2ccc(C(=O)Nc3cnn(CC4CC4)c3)o2)ccc1Cl. The summed E-state index contributed by atoms with van der Waals surface area (Å²) in [5.41, 5.74) is 1.60. The van der Waals surface area contributed by atoms with Gasteiger partial charge >= 0.3 is 0 Å². The molecule has 2 heterocycles. The summed E-state index contributed by atoms with van der Waals surface area (Å²) < 4.78 is 13.1. The summed E-state index contributed by atoms with van der Waals surface area (Å²) >= 11 is 6.01. The number of hydrogen-bond acceptors (Lipinski definition) is 4. The molecule has 0 aliphatic heterocycles. The number of amides is 1. The highest BCUT2D eigenvalue weighted by atomic mass is 35.5. The highest BCUT2D eigenvalue weighted by Crippen LogP contribution is 2.30. The number of halogens is 1. The van der Waals surface area contributed by atoms with Crippen LogP contribution in [-0.2, 0) is 13.2 Å². The molecule has 1 aliphatic carbocycles. The lowest BCUT2D eigenvalue weighted by Gasteiger charge is -2.06. The van der Waals surface area contributed by atoms with Crippen molar-refractivity contribution < 1.29 is 13.9 Å². The minimum absolute atomic E-state index is 0.230. The summed E-state index contributed by atoms with van der Waals surface area (Å²) in [5.74, 6) is 1.91. The Morgan fingerprint density at radius 3 is 3.00 bits per heavy atom. The van der Waals surface area contributed by atoms with Gasteiger partial charge in [0, 0.05) is 17.8 Å². The predicted octanol–water partition coefficient (Wildman–Crippen LogP) is 4.68. The average Bonchev–Trinajstić information content (AvgIpc) is 3.15. The second-order valence-corrected chi connectivity index (χ2v) is 7.22. The molecular formula is C20H20ClN3O3. The van der Waals surface area contributed by atoms with Crippen molar-refractivity contribution in [2.45, 2.75) is 32.9 Å². The minimum atomic E-state index is -0.311. The number of aromatic nitrogens is 2. The topological polar surface area (TPSA) is 69.3 Å². The lowest BCUT2D eigenvalue weighted by atomic mass is 10.2. The largest absolute Gasteiger partial charge is 0.486 e. The average molecular weight is 386 g/mol. The fourth-order valence-corrected chi connectivity index (χ4v) is 2.84. The van der Waals surface area contributed by atoms with Gasteiger partial charge in [-0.15, -0.1) is 0 Å². The van der Waals surface area contributed by atoms with Gasteiger partial charge in [-0.25, -0.2) is 0 Å². The van der Waals surface area contributed by atoms with E-state index in [0.717, 1.165) is 18.0 Å². The van der Waals surface area contributed by atoms with Crippen LogP contribution >= 0.6 is 11.6 Å². The molecule has 1 aliphatic rings. The molecule has 0 spiro atoms. The first-order valence-corrected chi connectivity index (χ1v) is 9.26. The van der Waals surface area contributed by atoms with E-state index in [1.165, 1.54) is 12.8 Å². The van der Waals surface area contributed by atoms with E-state index in [9.17, 15) is 4.79 Å². The molecule has 1 amide bonds. The second-order valence-electron chi connectivity index (χ2n) is 6.81. The Morgan fingerprint density at radius 2 is 2.22 bits per heavy atom. The van der Waals surface area contributed by atoms with Crippen molar-refractivity contribution >= 4 is 23.2 Å². The van der Waals surface area contributed by atoms with Gasteiger partial charge in [-0.05, 0) is 61.6 Å². The van der Waals surface area contributed by atoms with Crippen LogP contribution in [0.15, 0.2) is 47.1 Å². The first kappa shape index (κ1) is 17.7. The third kappa shape index (κ3) is 4.52. The fourth-order valence-electron chi connectivity index (χ4n) is 2.72. The number of furan rings is 1. The van der Waals surface area contributed by atoms with E-state index in [1.54, 1.807) is 30.5 Å². The van der Waals surface area contributed by atoms with Crippen LogP contribution in [0.5, 0.6) is 5.75 Å². The van der Waals surface area contributed by atoms with Crippen LogP contribution in [0.25, 0.3) is 0 Å². The zero-order valence-electron chi connectivity index (χ0n) is 14.9. The number of anilines is 1. The van der Waals surface area contributed by atoms with Crippen molar-refractivity contribution in [3.05, 3.63) is 64.8 Å². The summed E-state index contributed by atoms with van der Waals surface area (Å²) in [5, 5.41) is 7.76. The van der Waals surface area contributed by atoms with Crippen molar-refractivity contribution in [3.8, 4) is 5.75 Å². The Hall–Kier alpha value is -2.73. The van der Waals surface area contributed by atoms with E-state index >= 15 is 0 Å². The monoisotopic (exact) mass is 385 g/mol. The molecule has 140 valence electrons. The number of aryl methyl sites for hydroxylation is 1. The van der Waals surface area contributed by atoms with Gasteiger partial charge in [0.1, 0.15) is 18.1 Å². The molecule has 1 aromatic carbocycles. The lowest BCUT2D eigenvalue weighted by molar-refractivity contribution is 0.0992. The van der Waals surface area contributed by atoms with Gasteiger partial charge in [0.2, 0.25) is 0 Å². The fraction of sp³-hybridized carbons (Fsp3) is 0.300. The van der Waals surface area contributed by atoms with Crippen LogP contribution in [0, 0.1) is 12.8 Å². The predicted molar refractivity (Wildman–Crippen MR) is 102 cm³/mol. The highest BCUT2D eigenvalue weighted by Gasteiger charge is 2.22. The third-order valence-corrected chi connectivity index (χ3v) is 4.85. The molecule has 0 saturated heterocycles. The summed E-state index contributed by atoms with van der Waals surface area (Å²) in [7, 11) is 0. The number of ether oxygens (including phenoxy) is 1. The van der Waals surface area contributed by atoms with Crippen LogP contribution in [0.3, 0.4) is 0 Å². The molecule has 27 heavy (non-hydrogen) atoms. The zero-order chi connectivity index (χ0) is 18.8. The summed E-state index contributed by atoms with van der Waals surface area (Å²) in [4.78, 5) is 12.3. The number of benzene rings is 1. The summed E-state index contributed by atoms with van der Waals surface area (Å²) in [6.07, 6.45) is 6.00. The Labute approximate surface area is 162 Å². The lowest BCUT2D eigenvalue weighted by Crippen LogP contribution is -2.10. The van der Waals surface area contributed by atoms with E-state index < -0.39 is 0 Å². The summed E-state index contributed by atoms with van der Waals surface area (Å²) in [6.45, 7) is 3.05. The van der Waals surface area contributed by atoms with Crippen molar-refractivity contribution in [3.63, 3.8) is 0 Å². The van der Waals surface area contributed by atoms with Gasteiger partial charge in [-0.3, -0.25) is 9.48 Å². The molecule has 2 aromatic heterocycles. The molecule has 3 aromatic rings. The Kier molecular flexibility index (Phi) is 4.90. The van der Waals surface area contributed by atoms with Gasteiger partial charge < -0.3 is 14.5 Å². The number of hydrogen-bond donors (Lipinski definition) is 1. The molecule has 0 unspecified atom stereocenters. The van der Waals surface area contributed by atoms with Crippen LogP contribution < -0.4 is 10.1 Å². The Bertz CT molecular complexity index is 959. The number of carbonyl (C=O) groups excluding carboxylic acids is 1. The minimum Gasteiger partial charge on any atom is -0.486 e. The maximum absolute atomic E-state index is 12.3. The maximum atomic E-state index is 12.3. The van der Waals surface area contributed by atoms with Crippen molar-refractivity contribution in [1.82, 2.24) is 9.78 Å². The molecule has 1 fully saturated rings. The maximum Gasteiger partial charge on any atom is 0.291 e. The first-order valence-electron chi connectivity index (χ1n) is 8.88. The molecule has 0 atom stereocenters. The van der Waals surface area contributed by atoms with Crippen LogP contribution in [0.1, 0.15) is 34.7 Å². The zero-order valence-corrected chi connectivity index (χ0v) is 15.7. The van der Waals surface area contributed by atoms with Crippen LogP contribution in [0.4, 0.5) is 5.69 Å². The van der Waals surface area contributed by atoms with Crippen molar-refractivity contribution in [1.29, 1.82) is 0 Å². The molecular weight excluding hydrogens is 366 g/mol. The van der Waals surface area contributed by atoms with E-state index in [0.29, 0.717) is 22.2 Å². The summed E-state index contributed by atoms with van der Waals surface area (Å²) in [6, 6.07) is 8.81. The van der Waals surface area contributed by atoms with Gasteiger partial charge in [-0.1, -0.05) is 11.6 Å². The smallest absolute Gasteiger partial charge is 0.291 e. The van der Waals surface area contributed by atoms with Gasteiger partial charge in [0.05, 0.1) is 11.9 Å². The number of nitrogens with one attached hydrogen (secondary N) is 1. The standard InChI is InChI=1S/C20H20ClN3O3/c1-13-8-16(4-6-18(13)21)26-12-17-5-7-19(27-17)20(25)23-15-9-22-24(11-15)10-14-2-3-14/h4-9,11,14H,2-3,10,12H2,1H3,(H,23,25). The van der Waals surface area contributed by atoms with E-state index in [2.05, 4.69) is 10.4 Å². The molecule has 1 N–H and O–H groups in total. The molecule has 6 nitrogen and oxygen atoms in total. The van der Waals surface area contributed by atoms with Crippen molar-refractivity contribution in [2.75, 3.05) is 5.32 Å².